The number of nitrogens with one attached hydrogen (secondary N) is 1. The highest BCUT2D eigenvalue weighted by Gasteiger charge is 2.17. The third-order valence-electron chi connectivity index (χ3n) is 3.45. The maximum atomic E-state index is 5.21. The Morgan fingerprint density at radius 1 is 1.59 bits per heavy atom. The average Bonchev–Trinajstić information content (AvgIpc) is 2.99. The van der Waals surface area contributed by atoms with E-state index in [-0.39, 0.29) is 0 Å². The van der Waals surface area contributed by atoms with Crippen molar-refractivity contribution in [1.29, 1.82) is 0 Å². The summed E-state index contributed by atoms with van der Waals surface area (Å²) in [6, 6.07) is 3.99. The highest BCUT2D eigenvalue weighted by Crippen LogP contribution is 2.19. The zero-order valence-electron chi connectivity index (χ0n) is 10.0. The van der Waals surface area contributed by atoms with Crippen molar-refractivity contribution >= 4 is 5.52 Å². The van der Waals surface area contributed by atoms with Crippen LogP contribution in [-0.4, -0.2) is 29.6 Å². The number of aromatic nitrogens is 2. The molecule has 1 aliphatic heterocycles. The first-order chi connectivity index (χ1) is 8.36. The fourth-order valence-electron chi connectivity index (χ4n) is 2.46. The lowest BCUT2D eigenvalue weighted by molar-refractivity contribution is 0.414. The first kappa shape index (κ1) is 10.6. The highest BCUT2D eigenvalue weighted by atomic mass is 16.5. The summed E-state index contributed by atoms with van der Waals surface area (Å²) in [5, 5.41) is 3.39. The van der Waals surface area contributed by atoms with Crippen molar-refractivity contribution in [3.63, 3.8) is 0 Å². The number of methoxy groups -OCH3 is 1. The minimum absolute atomic E-state index is 0.725. The minimum Gasteiger partial charge on any atom is -0.497 e. The Kier molecular flexibility index (Phi) is 2.73. The molecule has 90 valence electrons. The summed E-state index contributed by atoms with van der Waals surface area (Å²) >= 11 is 0. The van der Waals surface area contributed by atoms with Crippen LogP contribution in [0.15, 0.2) is 24.5 Å². The topological polar surface area (TPSA) is 38.6 Å². The first-order valence-electron chi connectivity index (χ1n) is 6.07. The molecule has 3 rings (SSSR count). The number of pyridine rings is 1. The molecule has 0 aromatic carbocycles. The Balaban J connectivity index is 1.89. The standard InChI is InChI=1S/C13H17N3O/c1-17-12-3-5-16-11(7-12)9-15-13(16)6-10-2-4-14-8-10/h3,5,7,9-10,14H,2,4,6,8H2,1H3. The predicted molar refractivity (Wildman–Crippen MR) is 66.4 cm³/mol. The van der Waals surface area contributed by atoms with Gasteiger partial charge in [0.05, 0.1) is 18.8 Å². The molecule has 3 heterocycles. The molecule has 4 heteroatoms. The number of ether oxygens (including phenoxy) is 1. The van der Waals surface area contributed by atoms with Crippen LogP contribution in [0.25, 0.3) is 5.52 Å². The fourth-order valence-corrected chi connectivity index (χ4v) is 2.46. The van der Waals surface area contributed by atoms with E-state index in [0.29, 0.717) is 0 Å². The second kappa shape index (κ2) is 4.37. The van der Waals surface area contributed by atoms with E-state index < -0.39 is 0 Å². The molecule has 2 aromatic heterocycles. The number of nitrogens with zero attached hydrogens (tertiary/aromatic N) is 2. The number of hydrogen-bond donors (Lipinski definition) is 1. The summed E-state index contributed by atoms with van der Waals surface area (Å²) < 4.78 is 7.37. The molecule has 1 N–H and O–H groups in total. The lowest BCUT2D eigenvalue weighted by Crippen LogP contribution is -2.12. The van der Waals surface area contributed by atoms with Gasteiger partial charge in [0.25, 0.3) is 0 Å². The van der Waals surface area contributed by atoms with Gasteiger partial charge in [0, 0.05) is 18.7 Å². The molecule has 1 unspecified atom stereocenters. The van der Waals surface area contributed by atoms with Crippen molar-refractivity contribution < 1.29 is 4.74 Å². The first-order valence-corrected chi connectivity index (χ1v) is 6.07. The monoisotopic (exact) mass is 231 g/mol. The zero-order chi connectivity index (χ0) is 11.7. The van der Waals surface area contributed by atoms with Gasteiger partial charge in [0.1, 0.15) is 11.6 Å². The fraction of sp³-hybridized carbons (Fsp3) is 0.462. The molecular weight excluding hydrogens is 214 g/mol. The van der Waals surface area contributed by atoms with Crippen molar-refractivity contribution in [2.24, 2.45) is 5.92 Å². The Hall–Kier alpha value is -1.55. The quantitative estimate of drug-likeness (QED) is 0.870. The van der Waals surface area contributed by atoms with Crippen molar-refractivity contribution in [3.05, 3.63) is 30.4 Å². The second-order valence-corrected chi connectivity index (χ2v) is 4.60. The maximum absolute atomic E-state index is 5.21. The smallest absolute Gasteiger partial charge is 0.122 e. The molecule has 17 heavy (non-hydrogen) atoms. The predicted octanol–water partition coefficient (Wildman–Crippen LogP) is 1.49. The summed E-state index contributed by atoms with van der Waals surface area (Å²) in [7, 11) is 1.69. The molecule has 1 atom stereocenters. The van der Waals surface area contributed by atoms with E-state index in [1.165, 1.54) is 6.42 Å². The van der Waals surface area contributed by atoms with Gasteiger partial charge < -0.3 is 14.5 Å². The molecule has 0 saturated carbocycles. The van der Waals surface area contributed by atoms with Gasteiger partial charge in [0.2, 0.25) is 0 Å². The summed E-state index contributed by atoms with van der Waals surface area (Å²) in [6.07, 6.45) is 6.26. The normalized spacial score (nSPS) is 19.9. The molecule has 0 amide bonds. The van der Waals surface area contributed by atoms with E-state index in [2.05, 4.69) is 14.7 Å². The Morgan fingerprint density at radius 2 is 2.53 bits per heavy atom. The van der Waals surface area contributed by atoms with E-state index in [1.807, 2.05) is 24.5 Å². The lowest BCUT2D eigenvalue weighted by atomic mass is 10.1. The van der Waals surface area contributed by atoms with Gasteiger partial charge in [-0.2, -0.15) is 0 Å². The SMILES string of the molecule is COc1ccn2c(CC3CCNC3)ncc2c1. The zero-order valence-corrected chi connectivity index (χ0v) is 10.0. The summed E-state index contributed by atoms with van der Waals surface area (Å²) in [6.45, 7) is 2.26. The van der Waals surface area contributed by atoms with Gasteiger partial charge in [-0.05, 0) is 31.5 Å². The number of rotatable bonds is 3. The average molecular weight is 231 g/mol. The Bertz CT molecular complexity index is 514. The molecule has 4 nitrogen and oxygen atoms in total. The van der Waals surface area contributed by atoms with Gasteiger partial charge in [-0.15, -0.1) is 0 Å². The molecule has 1 aliphatic rings. The van der Waals surface area contributed by atoms with Crippen molar-refractivity contribution in [1.82, 2.24) is 14.7 Å². The van der Waals surface area contributed by atoms with E-state index in [1.54, 1.807) is 7.11 Å². The number of imidazole rings is 1. The van der Waals surface area contributed by atoms with Crippen LogP contribution >= 0.6 is 0 Å². The van der Waals surface area contributed by atoms with Crippen LogP contribution in [0.4, 0.5) is 0 Å². The molecule has 0 aliphatic carbocycles. The molecule has 0 radical (unpaired) electrons. The third kappa shape index (κ3) is 2.00. The van der Waals surface area contributed by atoms with Crippen molar-refractivity contribution in [2.75, 3.05) is 20.2 Å². The summed E-state index contributed by atoms with van der Waals surface area (Å²) in [5.74, 6) is 2.76. The van der Waals surface area contributed by atoms with E-state index in [9.17, 15) is 0 Å². The van der Waals surface area contributed by atoms with E-state index in [4.69, 9.17) is 4.74 Å². The van der Waals surface area contributed by atoms with Crippen LogP contribution in [-0.2, 0) is 6.42 Å². The highest BCUT2D eigenvalue weighted by molar-refractivity contribution is 5.50. The van der Waals surface area contributed by atoms with Crippen LogP contribution in [0.3, 0.4) is 0 Å². The molecule has 0 spiro atoms. The minimum atomic E-state index is 0.725. The lowest BCUT2D eigenvalue weighted by Gasteiger charge is -2.07. The summed E-state index contributed by atoms with van der Waals surface area (Å²) in [4.78, 5) is 4.51. The van der Waals surface area contributed by atoms with Gasteiger partial charge in [-0.3, -0.25) is 0 Å². The van der Waals surface area contributed by atoms with E-state index >= 15 is 0 Å². The van der Waals surface area contributed by atoms with Crippen LogP contribution in [0.1, 0.15) is 12.2 Å². The van der Waals surface area contributed by atoms with Gasteiger partial charge in [-0.1, -0.05) is 0 Å². The van der Waals surface area contributed by atoms with Gasteiger partial charge in [0.15, 0.2) is 0 Å². The van der Waals surface area contributed by atoms with Crippen molar-refractivity contribution in [2.45, 2.75) is 12.8 Å². The Labute approximate surface area is 101 Å². The molecule has 0 bridgehead atoms. The van der Waals surface area contributed by atoms with Crippen LogP contribution in [0.5, 0.6) is 5.75 Å². The number of hydrogen-bond acceptors (Lipinski definition) is 3. The summed E-state index contributed by atoms with van der Waals surface area (Å²) in [5.41, 5.74) is 1.10. The van der Waals surface area contributed by atoms with Crippen LogP contribution in [0.2, 0.25) is 0 Å². The maximum Gasteiger partial charge on any atom is 0.122 e. The molecule has 1 fully saturated rings. The van der Waals surface area contributed by atoms with Crippen LogP contribution in [0, 0.1) is 5.92 Å². The molecule has 1 saturated heterocycles. The number of fused-ring (bicyclic) bond motifs is 1. The van der Waals surface area contributed by atoms with Gasteiger partial charge >= 0.3 is 0 Å². The molecule has 2 aromatic rings. The van der Waals surface area contributed by atoms with Crippen LogP contribution < -0.4 is 10.1 Å². The molecular formula is C13H17N3O. The van der Waals surface area contributed by atoms with Gasteiger partial charge in [-0.25, -0.2) is 4.98 Å². The Morgan fingerprint density at radius 3 is 3.29 bits per heavy atom. The third-order valence-corrected chi connectivity index (χ3v) is 3.45. The largest absolute Gasteiger partial charge is 0.497 e. The van der Waals surface area contributed by atoms with E-state index in [0.717, 1.165) is 42.5 Å². The second-order valence-electron chi connectivity index (χ2n) is 4.60. The van der Waals surface area contributed by atoms with Crippen molar-refractivity contribution in [3.8, 4) is 5.75 Å².